The summed E-state index contributed by atoms with van der Waals surface area (Å²) in [6.45, 7) is 0. The Morgan fingerprint density at radius 1 is 1.33 bits per heavy atom. The molecular formula is C10H11N5O3. The van der Waals surface area contributed by atoms with Crippen LogP contribution < -0.4 is 16.0 Å². The zero-order valence-corrected chi connectivity index (χ0v) is 9.34. The van der Waals surface area contributed by atoms with Crippen LogP contribution in [-0.2, 0) is 9.59 Å². The first-order valence-electron chi connectivity index (χ1n) is 5.33. The second kappa shape index (κ2) is 5.21. The number of nitrogens with zero attached hydrogens (tertiary/aromatic N) is 2. The second-order valence-electron chi connectivity index (χ2n) is 3.67. The van der Waals surface area contributed by atoms with E-state index in [-0.39, 0.29) is 24.7 Å². The van der Waals surface area contributed by atoms with E-state index in [2.05, 4.69) is 25.9 Å². The molecule has 1 aliphatic rings. The number of rotatable bonds is 2. The van der Waals surface area contributed by atoms with Gasteiger partial charge in [-0.1, -0.05) is 0 Å². The van der Waals surface area contributed by atoms with Crippen molar-refractivity contribution in [2.24, 2.45) is 0 Å². The molecule has 0 bridgehead atoms. The Morgan fingerprint density at radius 3 is 2.72 bits per heavy atom. The molecule has 0 unspecified atom stereocenters. The first kappa shape index (κ1) is 12.0. The van der Waals surface area contributed by atoms with Gasteiger partial charge in [0.1, 0.15) is 6.04 Å². The van der Waals surface area contributed by atoms with Crippen LogP contribution in [0.3, 0.4) is 0 Å². The molecule has 1 atom stereocenters. The fraction of sp³-hybridized carbons (Fsp3) is 0.300. The quantitative estimate of drug-likeness (QED) is 0.606. The Labute approximate surface area is 102 Å². The minimum atomic E-state index is -0.716. The fourth-order valence-corrected chi connectivity index (χ4v) is 1.49. The lowest BCUT2D eigenvalue weighted by atomic mass is 10.1. The molecular weight excluding hydrogens is 238 g/mol. The van der Waals surface area contributed by atoms with Crippen molar-refractivity contribution in [3.05, 3.63) is 18.5 Å². The van der Waals surface area contributed by atoms with Crippen molar-refractivity contribution in [2.45, 2.75) is 18.9 Å². The summed E-state index contributed by atoms with van der Waals surface area (Å²) in [5, 5.41) is 6.97. The SMILES string of the molecule is O=C1CC[C@@H](NC(=O)Nc2ncccn2)C(=O)N1. The number of imide groups is 1. The van der Waals surface area contributed by atoms with E-state index in [4.69, 9.17) is 0 Å². The molecule has 0 aromatic carbocycles. The number of amides is 4. The smallest absolute Gasteiger partial charge is 0.322 e. The number of hydrogen-bond donors (Lipinski definition) is 3. The van der Waals surface area contributed by atoms with Crippen molar-refractivity contribution < 1.29 is 14.4 Å². The van der Waals surface area contributed by atoms with Gasteiger partial charge in [-0.25, -0.2) is 14.8 Å². The predicted molar refractivity (Wildman–Crippen MR) is 60.4 cm³/mol. The normalized spacial score (nSPS) is 19.0. The van der Waals surface area contributed by atoms with Gasteiger partial charge in [0.25, 0.3) is 0 Å². The topological polar surface area (TPSA) is 113 Å². The molecule has 8 nitrogen and oxygen atoms in total. The second-order valence-corrected chi connectivity index (χ2v) is 3.67. The van der Waals surface area contributed by atoms with Gasteiger partial charge < -0.3 is 5.32 Å². The highest BCUT2D eigenvalue weighted by Gasteiger charge is 2.27. The first-order chi connectivity index (χ1) is 8.65. The molecule has 0 radical (unpaired) electrons. The van der Waals surface area contributed by atoms with Gasteiger partial charge in [0.2, 0.25) is 17.8 Å². The van der Waals surface area contributed by atoms with Gasteiger partial charge in [-0.05, 0) is 12.5 Å². The number of aromatic nitrogens is 2. The van der Waals surface area contributed by atoms with Gasteiger partial charge in [-0.3, -0.25) is 20.2 Å². The molecule has 4 amide bonds. The monoisotopic (exact) mass is 249 g/mol. The lowest BCUT2D eigenvalue weighted by Gasteiger charge is -2.21. The van der Waals surface area contributed by atoms with Crippen LogP contribution in [0.4, 0.5) is 10.7 Å². The van der Waals surface area contributed by atoms with E-state index in [1.165, 1.54) is 12.4 Å². The van der Waals surface area contributed by atoms with Crippen LogP contribution in [-0.4, -0.2) is 33.9 Å². The summed E-state index contributed by atoms with van der Waals surface area (Å²) >= 11 is 0. The van der Waals surface area contributed by atoms with Crippen molar-refractivity contribution in [1.29, 1.82) is 0 Å². The number of anilines is 1. The molecule has 0 saturated carbocycles. The molecule has 0 aliphatic carbocycles. The van der Waals surface area contributed by atoms with E-state index in [0.29, 0.717) is 0 Å². The maximum absolute atomic E-state index is 11.5. The Bertz CT molecular complexity index is 476. The molecule has 1 fully saturated rings. The van der Waals surface area contributed by atoms with E-state index in [0.717, 1.165) is 0 Å². The Hall–Kier alpha value is -2.51. The van der Waals surface area contributed by atoms with Crippen molar-refractivity contribution in [2.75, 3.05) is 5.32 Å². The molecule has 2 heterocycles. The summed E-state index contributed by atoms with van der Waals surface area (Å²) in [5.41, 5.74) is 0. The van der Waals surface area contributed by atoms with E-state index in [1.54, 1.807) is 6.07 Å². The number of nitrogens with one attached hydrogen (secondary N) is 3. The maximum atomic E-state index is 11.5. The van der Waals surface area contributed by atoms with E-state index < -0.39 is 18.0 Å². The van der Waals surface area contributed by atoms with Crippen LogP contribution in [0, 0.1) is 0 Å². The minimum absolute atomic E-state index is 0.141. The van der Waals surface area contributed by atoms with Gasteiger partial charge in [0.15, 0.2) is 0 Å². The zero-order valence-electron chi connectivity index (χ0n) is 9.34. The number of urea groups is 1. The van der Waals surface area contributed by atoms with Crippen molar-refractivity contribution in [3.63, 3.8) is 0 Å². The Kier molecular flexibility index (Phi) is 3.46. The highest BCUT2D eigenvalue weighted by atomic mass is 16.2. The summed E-state index contributed by atoms with van der Waals surface area (Å²) in [4.78, 5) is 41.5. The summed E-state index contributed by atoms with van der Waals surface area (Å²) in [6, 6.07) is 0.311. The molecule has 0 spiro atoms. The van der Waals surface area contributed by atoms with Crippen LogP contribution in [0.2, 0.25) is 0 Å². The molecule has 1 aromatic heterocycles. The summed E-state index contributed by atoms with van der Waals surface area (Å²) in [7, 11) is 0. The maximum Gasteiger partial charge on any atom is 0.322 e. The highest BCUT2D eigenvalue weighted by Crippen LogP contribution is 2.04. The minimum Gasteiger partial charge on any atom is -0.326 e. The lowest BCUT2D eigenvalue weighted by molar-refractivity contribution is -0.134. The number of piperidine rings is 1. The molecule has 3 N–H and O–H groups in total. The predicted octanol–water partition coefficient (Wildman–Crippen LogP) is -0.597. The van der Waals surface area contributed by atoms with Crippen LogP contribution in [0.25, 0.3) is 0 Å². The van der Waals surface area contributed by atoms with Crippen molar-refractivity contribution in [3.8, 4) is 0 Å². The standard InChI is InChI=1S/C10H11N5O3/c16-7-3-2-6(8(17)14-7)13-10(18)15-9-11-4-1-5-12-9/h1,4-6H,2-3H2,(H,14,16,17)(H2,11,12,13,15,18)/t6-/m1/s1. The third kappa shape index (κ3) is 3.00. The van der Waals surface area contributed by atoms with Gasteiger partial charge in [-0.15, -0.1) is 0 Å². The average Bonchev–Trinajstić information content (AvgIpc) is 2.34. The molecule has 8 heteroatoms. The Morgan fingerprint density at radius 2 is 2.06 bits per heavy atom. The summed E-state index contributed by atoms with van der Waals surface area (Å²) in [6.07, 6.45) is 3.45. The molecule has 1 aliphatic heterocycles. The number of carbonyl (C=O) groups excluding carboxylic acids is 3. The zero-order chi connectivity index (χ0) is 13.0. The third-order valence-corrected chi connectivity index (χ3v) is 2.34. The average molecular weight is 249 g/mol. The van der Waals surface area contributed by atoms with E-state index in [1.807, 2.05) is 0 Å². The van der Waals surface area contributed by atoms with Gasteiger partial charge in [0, 0.05) is 18.8 Å². The highest BCUT2D eigenvalue weighted by molar-refractivity contribution is 6.02. The fourth-order valence-electron chi connectivity index (χ4n) is 1.49. The molecule has 1 saturated heterocycles. The lowest BCUT2D eigenvalue weighted by Crippen LogP contribution is -2.53. The van der Waals surface area contributed by atoms with Crippen molar-refractivity contribution >= 4 is 23.8 Å². The van der Waals surface area contributed by atoms with Crippen LogP contribution in [0.15, 0.2) is 18.5 Å². The van der Waals surface area contributed by atoms with Crippen LogP contribution in [0.1, 0.15) is 12.8 Å². The summed E-state index contributed by atoms with van der Waals surface area (Å²) < 4.78 is 0. The van der Waals surface area contributed by atoms with Crippen LogP contribution >= 0.6 is 0 Å². The van der Waals surface area contributed by atoms with E-state index in [9.17, 15) is 14.4 Å². The molecule has 94 valence electrons. The number of hydrogen-bond acceptors (Lipinski definition) is 5. The van der Waals surface area contributed by atoms with Gasteiger partial charge in [0.05, 0.1) is 0 Å². The van der Waals surface area contributed by atoms with Crippen molar-refractivity contribution in [1.82, 2.24) is 20.6 Å². The molecule has 18 heavy (non-hydrogen) atoms. The van der Waals surface area contributed by atoms with Gasteiger partial charge >= 0.3 is 6.03 Å². The number of carbonyl (C=O) groups is 3. The molecule has 2 rings (SSSR count). The Balaban J connectivity index is 1.88. The molecule has 1 aromatic rings. The summed E-state index contributed by atoms with van der Waals surface area (Å²) in [5.74, 6) is -0.692. The largest absolute Gasteiger partial charge is 0.326 e. The van der Waals surface area contributed by atoms with Gasteiger partial charge in [-0.2, -0.15) is 0 Å². The first-order valence-corrected chi connectivity index (χ1v) is 5.33. The van der Waals surface area contributed by atoms with E-state index >= 15 is 0 Å². The van der Waals surface area contributed by atoms with Crippen LogP contribution in [0.5, 0.6) is 0 Å². The third-order valence-electron chi connectivity index (χ3n) is 2.34.